The Kier molecular flexibility index (Phi) is 6.45. The van der Waals surface area contributed by atoms with Gasteiger partial charge in [0.05, 0.1) is 32.6 Å². The van der Waals surface area contributed by atoms with Crippen LogP contribution in [-0.4, -0.2) is 35.7 Å². The summed E-state index contributed by atoms with van der Waals surface area (Å²) in [6.45, 7) is 0. The topological polar surface area (TPSA) is 82.1 Å². The number of benzene rings is 3. The molecule has 0 heterocycles. The molecular weight excluding hydrogens is 425 g/mol. The normalized spacial score (nSPS) is 11.0. The number of halogens is 1. The molecule has 0 saturated heterocycles. The Bertz CT molecular complexity index is 1190. The average molecular weight is 445 g/mol. The van der Waals surface area contributed by atoms with Crippen LogP contribution in [0.25, 0.3) is 0 Å². The Labute approximate surface area is 179 Å². The van der Waals surface area contributed by atoms with E-state index in [0.29, 0.717) is 10.1 Å². The molecule has 0 saturated carbocycles. The molecule has 0 radical (unpaired) electrons. The van der Waals surface area contributed by atoms with Crippen LogP contribution in [0.15, 0.2) is 71.6 Å². The van der Waals surface area contributed by atoms with Gasteiger partial charge >= 0.3 is 0 Å². The van der Waals surface area contributed by atoms with Gasteiger partial charge in [0.2, 0.25) is 0 Å². The van der Waals surface area contributed by atoms with E-state index in [9.17, 15) is 17.6 Å². The number of amides is 1. The monoisotopic (exact) mass is 445 g/mol. The summed E-state index contributed by atoms with van der Waals surface area (Å²) in [7, 11) is -0.407. The van der Waals surface area contributed by atoms with E-state index in [-0.39, 0.29) is 22.1 Å². The number of carbonyl (C=O) groups is 1. The molecule has 3 aromatic carbocycles. The molecule has 9 heteroatoms. The van der Waals surface area contributed by atoms with Gasteiger partial charge in [-0.25, -0.2) is 12.8 Å². The first-order chi connectivity index (χ1) is 14.8. The van der Waals surface area contributed by atoms with Crippen molar-refractivity contribution in [3.63, 3.8) is 0 Å². The van der Waals surface area contributed by atoms with Crippen LogP contribution in [0.4, 0.5) is 10.1 Å². The summed E-state index contributed by atoms with van der Waals surface area (Å²) in [5, 5.41) is 0. The van der Waals surface area contributed by atoms with Crippen LogP contribution in [0.2, 0.25) is 0 Å². The molecule has 31 heavy (non-hydrogen) atoms. The zero-order valence-corrected chi connectivity index (χ0v) is 17.9. The predicted molar refractivity (Wildman–Crippen MR) is 113 cm³/mol. The molecule has 0 fully saturated rings. The Hall–Kier alpha value is -3.59. The fourth-order valence-electron chi connectivity index (χ4n) is 2.91. The largest absolute Gasteiger partial charge is 0.497 e. The summed E-state index contributed by atoms with van der Waals surface area (Å²) in [6, 6.07) is 15.1. The second-order valence-corrected chi connectivity index (χ2v) is 8.02. The van der Waals surface area contributed by atoms with Crippen molar-refractivity contribution in [1.82, 2.24) is 0 Å². The van der Waals surface area contributed by atoms with Crippen molar-refractivity contribution in [3.8, 4) is 17.2 Å². The number of anilines is 1. The molecule has 3 aromatic rings. The summed E-state index contributed by atoms with van der Waals surface area (Å²) in [6.07, 6.45) is 0. The smallest absolute Gasteiger partial charge is 0.275 e. The molecular formula is C22H20FNO6S. The van der Waals surface area contributed by atoms with Gasteiger partial charge in [0.15, 0.2) is 0 Å². The van der Waals surface area contributed by atoms with Crippen molar-refractivity contribution in [3.05, 3.63) is 78.1 Å². The van der Waals surface area contributed by atoms with E-state index in [1.54, 1.807) is 0 Å². The third-order valence-electron chi connectivity index (χ3n) is 4.48. The Morgan fingerprint density at radius 1 is 0.839 bits per heavy atom. The second kappa shape index (κ2) is 9.05. The molecule has 0 spiro atoms. The second-order valence-electron chi connectivity index (χ2n) is 6.27. The third-order valence-corrected chi connectivity index (χ3v) is 6.22. The first-order valence-corrected chi connectivity index (χ1v) is 10.5. The van der Waals surface area contributed by atoms with Crippen LogP contribution in [-0.2, 0) is 10.0 Å². The zero-order chi connectivity index (χ0) is 22.6. The van der Waals surface area contributed by atoms with Gasteiger partial charge in [-0.15, -0.1) is 0 Å². The molecule has 162 valence electrons. The van der Waals surface area contributed by atoms with Gasteiger partial charge in [0.25, 0.3) is 15.9 Å². The Morgan fingerprint density at radius 2 is 1.45 bits per heavy atom. The summed E-state index contributed by atoms with van der Waals surface area (Å²) in [4.78, 5) is 13.0. The predicted octanol–water partition coefficient (Wildman–Crippen LogP) is 3.89. The first kappa shape index (κ1) is 22.1. The standard InChI is InChI=1S/C22H20FNO6S/c1-28-16-10-8-15(9-11-16)24(22(25)18-6-4-5-7-19(18)23)31(26,27)21-14-17(29-2)12-13-20(21)30-3/h4-14H,1-3H3. The molecule has 0 aliphatic carbocycles. The van der Waals surface area contributed by atoms with E-state index in [2.05, 4.69) is 0 Å². The quantitative estimate of drug-likeness (QED) is 0.549. The van der Waals surface area contributed by atoms with E-state index < -0.39 is 27.3 Å². The molecule has 3 rings (SSSR count). The Morgan fingerprint density at radius 3 is 2.03 bits per heavy atom. The fourth-order valence-corrected chi connectivity index (χ4v) is 4.49. The van der Waals surface area contributed by atoms with Crippen molar-refractivity contribution in [1.29, 1.82) is 0 Å². The van der Waals surface area contributed by atoms with Gasteiger partial charge in [-0.1, -0.05) is 12.1 Å². The summed E-state index contributed by atoms with van der Waals surface area (Å²) in [5.74, 6) is -1.21. The van der Waals surface area contributed by atoms with Crippen molar-refractivity contribution >= 4 is 21.6 Å². The maximum Gasteiger partial charge on any atom is 0.275 e. The molecule has 0 N–H and O–H groups in total. The molecule has 0 aliphatic heterocycles. The minimum absolute atomic E-state index is 0.000597. The van der Waals surface area contributed by atoms with Crippen LogP contribution in [0.5, 0.6) is 17.2 Å². The maximum atomic E-state index is 14.4. The zero-order valence-electron chi connectivity index (χ0n) is 17.0. The van der Waals surface area contributed by atoms with E-state index >= 15 is 0 Å². The van der Waals surface area contributed by atoms with Crippen LogP contribution in [0.1, 0.15) is 10.4 Å². The van der Waals surface area contributed by atoms with Crippen molar-refractivity contribution in [2.75, 3.05) is 25.6 Å². The van der Waals surface area contributed by atoms with Gasteiger partial charge in [0.1, 0.15) is 28.0 Å². The highest BCUT2D eigenvalue weighted by molar-refractivity contribution is 7.93. The Balaban J connectivity index is 2.25. The van der Waals surface area contributed by atoms with Crippen LogP contribution < -0.4 is 18.5 Å². The summed E-state index contributed by atoms with van der Waals surface area (Å²) in [5.41, 5.74) is -0.400. The minimum atomic E-state index is -4.54. The average Bonchev–Trinajstić information content (AvgIpc) is 2.79. The lowest BCUT2D eigenvalue weighted by Crippen LogP contribution is -2.37. The fraction of sp³-hybridized carbons (Fsp3) is 0.136. The van der Waals surface area contributed by atoms with E-state index in [4.69, 9.17) is 14.2 Å². The number of methoxy groups -OCH3 is 3. The number of hydrogen-bond donors (Lipinski definition) is 0. The SMILES string of the molecule is COc1ccc(N(C(=O)c2ccccc2F)S(=O)(=O)c2cc(OC)ccc2OC)cc1. The van der Waals surface area contributed by atoms with Crippen LogP contribution >= 0.6 is 0 Å². The number of carbonyl (C=O) groups excluding carboxylic acids is 1. The maximum absolute atomic E-state index is 14.4. The summed E-state index contributed by atoms with van der Waals surface area (Å²) < 4.78 is 57.7. The molecule has 7 nitrogen and oxygen atoms in total. The molecule has 0 aliphatic rings. The van der Waals surface area contributed by atoms with E-state index in [0.717, 1.165) is 6.07 Å². The van der Waals surface area contributed by atoms with E-state index in [1.165, 1.54) is 82.0 Å². The van der Waals surface area contributed by atoms with Crippen molar-refractivity contribution in [2.24, 2.45) is 0 Å². The molecule has 0 unspecified atom stereocenters. The van der Waals surface area contributed by atoms with Gasteiger partial charge in [-0.2, -0.15) is 4.31 Å². The van der Waals surface area contributed by atoms with Gasteiger partial charge < -0.3 is 14.2 Å². The number of hydrogen-bond acceptors (Lipinski definition) is 6. The van der Waals surface area contributed by atoms with Gasteiger partial charge in [-0.3, -0.25) is 4.79 Å². The third kappa shape index (κ3) is 4.31. The van der Waals surface area contributed by atoms with Crippen LogP contribution in [0, 0.1) is 5.82 Å². The lowest BCUT2D eigenvalue weighted by molar-refractivity contribution is 0.100. The minimum Gasteiger partial charge on any atom is -0.497 e. The number of ether oxygens (including phenoxy) is 3. The molecule has 0 atom stereocenters. The first-order valence-electron chi connectivity index (χ1n) is 9.03. The highest BCUT2D eigenvalue weighted by Crippen LogP contribution is 2.34. The molecule has 0 bridgehead atoms. The van der Waals surface area contributed by atoms with Crippen molar-refractivity contribution in [2.45, 2.75) is 4.90 Å². The highest BCUT2D eigenvalue weighted by atomic mass is 32.2. The molecule has 1 amide bonds. The van der Waals surface area contributed by atoms with Gasteiger partial charge in [0, 0.05) is 6.07 Å². The number of rotatable bonds is 7. The molecule has 0 aromatic heterocycles. The van der Waals surface area contributed by atoms with E-state index in [1.807, 2.05) is 0 Å². The summed E-state index contributed by atoms with van der Waals surface area (Å²) >= 11 is 0. The van der Waals surface area contributed by atoms with Gasteiger partial charge in [-0.05, 0) is 48.5 Å². The van der Waals surface area contributed by atoms with Crippen molar-refractivity contribution < 1.29 is 31.8 Å². The lowest BCUT2D eigenvalue weighted by atomic mass is 10.2. The number of sulfonamides is 1. The lowest BCUT2D eigenvalue weighted by Gasteiger charge is -2.24. The number of nitrogens with zero attached hydrogens (tertiary/aromatic N) is 1. The van der Waals surface area contributed by atoms with Crippen LogP contribution in [0.3, 0.4) is 0 Å². The highest BCUT2D eigenvalue weighted by Gasteiger charge is 2.35.